The van der Waals surface area contributed by atoms with Gasteiger partial charge in [-0.2, -0.15) is 0 Å². The minimum absolute atomic E-state index is 0.134. The van der Waals surface area contributed by atoms with Gasteiger partial charge >= 0.3 is 11.9 Å². The lowest BCUT2D eigenvalue weighted by Gasteiger charge is -2.22. The van der Waals surface area contributed by atoms with Crippen LogP contribution in [0.15, 0.2) is 30.3 Å². The zero-order valence-electron chi connectivity index (χ0n) is 15.0. The van der Waals surface area contributed by atoms with Gasteiger partial charge in [0.15, 0.2) is 0 Å². The Labute approximate surface area is 161 Å². The summed E-state index contributed by atoms with van der Waals surface area (Å²) in [5.74, 6) is -1.55. The second-order valence-corrected chi connectivity index (χ2v) is 7.60. The molecular formula is C20H21NO5S. The van der Waals surface area contributed by atoms with Gasteiger partial charge in [-0.1, -0.05) is 30.3 Å². The summed E-state index contributed by atoms with van der Waals surface area (Å²) in [6, 6.07) is 10.3. The predicted molar refractivity (Wildman–Crippen MR) is 102 cm³/mol. The van der Waals surface area contributed by atoms with E-state index < -0.39 is 17.8 Å². The molecule has 0 bridgehead atoms. The number of hydrogen-bond donors (Lipinski definition) is 2. The second-order valence-electron chi connectivity index (χ2n) is 6.49. The monoisotopic (exact) mass is 387 g/mol. The SMILES string of the molecule is COC(=O)c1c(NC(=O)CCC(=O)O)sc2c1CCC(c1ccccc1)C2. The molecule has 6 nitrogen and oxygen atoms in total. The molecule has 1 atom stereocenters. The van der Waals surface area contributed by atoms with E-state index in [1.807, 2.05) is 18.2 Å². The number of aliphatic carboxylic acids is 1. The minimum Gasteiger partial charge on any atom is -0.481 e. The van der Waals surface area contributed by atoms with Crippen molar-refractivity contribution in [3.63, 3.8) is 0 Å². The number of anilines is 1. The van der Waals surface area contributed by atoms with Crippen LogP contribution in [-0.2, 0) is 27.2 Å². The van der Waals surface area contributed by atoms with Crippen LogP contribution in [0.1, 0.15) is 51.5 Å². The summed E-state index contributed by atoms with van der Waals surface area (Å²) in [5.41, 5.74) is 2.61. The third-order valence-corrected chi connectivity index (χ3v) is 5.91. The van der Waals surface area contributed by atoms with Crippen molar-refractivity contribution in [2.24, 2.45) is 0 Å². The number of methoxy groups -OCH3 is 1. The molecule has 0 fully saturated rings. The molecule has 1 heterocycles. The highest BCUT2D eigenvalue weighted by Gasteiger charge is 2.30. The van der Waals surface area contributed by atoms with Crippen LogP contribution in [0.25, 0.3) is 0 Å². The van der Waals surface area contributed by atoms with E-state index in [-0.39, 0.29) is 12.8 Å². The van der Waals surface area contributed by atoms with Crippen LogP contribution in [0.5, 0.6) is 0 Å². The number of carbonyl (C=O) groups is 3. The maximum absolute atomic E-state index is 12.3. The molecule has 7 heteroatoms. The van der Waals surface area contributed by atoms with Gasteiger partial charge in [0.25, 0.3) is 0 Å². The van der Waals surface area contributed by atoms with E-state index in [0.29, 0.717) is 16.5 Å². The van der Waals surface area contributed by atoms with Crippen LogP contribution in [0.3, 0.4) is 0 Å². The Hall–Kier alpha value is -2.67. The van der Waals surface area contributed by atoms with Gasteiger partial charge in [-0.15, -0.1) is 11.3 Å². The maximum Gasteiger partial charge on any atom is 0.341 e. The smallest absolute Gasteiger partial charge is 0.341 e. The van der Waals surface area contributed by atoms with Crippen molar-refractivity contribution < 1.29 is 24.2 Å². The first-order chi connectivity index (χ1) is 13.0. The van der Waals surface area contributed by atoms with Crippen molar-refractivity contribution in [3.05, 3.63) is 51.9 Å². The van der Waals surface area contributed by atoms with E-state index in [0.717, 1.165) is 29.7 Å². The van der Waals surface area contributed by atoms with Crippen molar-refractivity contribution in [2.75, 3.05) is 12.4 Å². The van der Waals surface area contributed by atoms with E-state index in [4.69, 9.17) is 9.84 Å². The summed E-state index contributed by atoms with van der Waals surface area (Å²) >= 11 is 1.39. The molecule has 2 N–H and O–H groups in total. The molecule has 0 aliphatic heterocycles. The zero-order chi connectivity index (χ0) is 19.4. The number of thiophene rings is 1. The number of esters is 1. The number of carboxylic acids is 1. The molecule has 1 aromatic carbocycles. The van der Waals surface area contributed by atoms with Crippen LogP contribution < -0.4 is 5.32 Å². The number of fused-ring (bicyclic) bond motifs is 1. The molecule has 1 unspecified atom stereocenters. The molecule has 3 rings (SSSR count). The second kappa shape index (κ2) is 8.35. The molecule has 0 radical (unpaired) electrons. The van der Waals surface area contributed by atoms with E-state index in [9.17, 15) is 14.4 Å². The first-order valence-electron chi connectivity index (χ1n) is 8.79. The standard InChI is InChI=1S/C20H21NO5S/c1-26-20(25)18-14-8-7-13(12-5-3-2-4-6-12)11-15(14)27-19(18)21-16(22)9-10-17(23)24/h2-6,13H,7-11H2,1H3,(H,21,22)(H,23,24). The summed E-state index contributed by atoms with van der Waals surface area (Å²) < 4.78 is 4.91. The number of carboxylic acid groups (broad SMARTS) is 1. The van der Waals surface area contributed by atoms with Crippen LogP contribution in [0.2, 0.25) is 0 Å². The Kier molecular flexibility index (Phi) is 5.91. The molecule has 142 valence electrons. The Bertz CT molecular complexity index is 859. The van der Waals surface area contributed by atoms with Gasteiger partial charge in [0, 0.05) is 11.3 Å². The molecule has 1 amide bonds. The number of ether oxygens (including phenoxy) is 1. The fraction of sp³-hybridized carbons (Fsp3) is 0.350. The topological polar surface area (TPSA) is 92.7 Å². The van der Waals surface area contributed by atoms with Crippen molar-refractivity contribution in [2.45, 2.75) is 38.0 Å². The molecule has 0 saturated carbocycles. The van der Waals surface area contributed by atoms with Gasteiger partial charge in [0.2, 0.25) is 5.91 Å². The maximum atomic E-state index is 12.3. The highest BCUT2D eigenvalue weighted by Crippen LogP contribution is 2.42. The minimum atomic E-state index is -1.03. The summed E-state index contributed by atoms with van der Waals surface area (Å²) in [5, 5.41) is 11.9. The molecule has 1 aromatic heterocycles. The van der Waals surface area contributed by atoms with Crippen LogP contribution in [0.4, 0.5) is 5.00 Å². The lowest BCUT2D eigenvalue weighted by molar-refractivity contribution is -0.138. The third kappa shape index (κ3) is 4.36. The van der Waals surface area contributed by atoms with Gasteiger partial charge in [0.05, 0.1) is 19.1 Å². The number of amides is 1. The van der Waals surface area contributed by atoms with Gasteiger partial charge in [-0.3, -0.25) is 9.59 Å². The summed E-state index contributed by atoms with van der Waals surface area (Å²) in [7, 11) is 1.32. The first-order valence-corrected chi connectivity index (χ1v) is 9.60. The van der Waals surface area contributed by atoms with Crippen molar-refractivity contribution in [1.82, 2.24) is 0 Å². The van der Waals surface area contributed by atoms with Crippen LogP contribution in [0, 0.1) is 0 Å². The summed E-state index contributed by atoms with van der Waals surface area (Å²) in [4.78, 5) is 36.1. The fourth-order valence-electron chi connectivity index (χ4n) is 3.41. The van der Waals surface area contributed by atoms with E-state index in [1.165, 1.54) is 24.0 Å². The Morgan fingerprint density at radius 2 is 1.96 bits per heavy atom. The molecule has 1 aliphatic rings. The van der Waals surface area contributed by atoms with Gasteiger partial charge in [-0.25, -0.2) is 4.79 Å². The fourth-order valence-corrected chi connectivity index (χ4v) is 4.74. The van der Waals surface area contributed by atoms with Gasteiger partial charge < -0.3 is 15.2 Å². The van der Waals surface area contributed by atoms with Gasteiger partial charge in [0.1, 0.15) is 5.00 Å². The molecule has 1 aliphatic carbocycles. The average molecular weight is 387 g/mol. The number of carbonyl (C=O) groups excluding carboxylic acids is 2. The summed E-state index contributed by atoms with van der Waals surface area (Å²) in [6.45, 7) is 0. The molecular weight excluding hydrogens is 366 g/mol. The number of hydrogen-bond acceptors (Lipinski definition) is 5. The quantitative estimate of drug-likeness (QED) is 0.739. The lowest BCUT2D eigenvalue weighted by atomic mass is 9.83. The van der Waals surface area contributed by atoms with Crippen molar-refractivity contribution in [3.8, 4) is 0 Å². The first kappa shape index (κ1) is 19.1. The largest absolute Gasteiger partial charge is 0.481 e. The van der Waals surface area contributed by atoms with E-state index in [1.54, 1.807) is 0 Å². The molecule has 2 aromatic rings. The van der Waals surface area contributed by atoms with Crippen LogP contribution in [-0.4, -0.2) is 30.1 Å². The highest BCUT2D eigenvalue weighted by atomic mass is 32.1. The Morgan fingerprint density at radius 1 is 1.22 bits per heavy atom. The number of rotatable bonds is 6. The molecule has 27 heavy (non-hydrogen) atoms. The number of nitrogens with one attached hydrogen (secondary N) is 1. The molecule has 0 spiro atoms. The number of benzene rings is 1. The van der Waals surface area contributed by atoms with Crippen LogP contribution >= 0.6 is 11.3 Å². The Morgan fingerprint density at radius 3 is 2.63 bits per heavy atom. The van der Waals surface area contributed by atoms with E-state index in [2.05, 4.69) is 17.4 Å². The summed E-state index contributed by atoms with van der Waals surface area (Å²) in [6.07, 6.45) is 2.08. The Balaban J connectivity index is 1.85. The normalized spacial score (nSPS) is 15.7. The van der Waals surface area contributed by atoms with Crippen molar-refractivity contribution >= 4 is 34.2 Å². The predicted octanol–water partition coefficient (Wildman–Crippen LogP) is 3.61. The lowest BCUT2D eigenvalue weighted by Crippen LogP contribution is -2.16. The van der Waals surface area contributed by atoms with Gasteiger partial charge in [-0.05, 0) is 36.3 Å². The average Bonchev–Trinajstić information content (AvgIpc) is 3.03. The van der Waals surface area contributed by atoms with E-state index >= 15 is 0 Å². The highest BCUT2D eigenvalue weighted by molar-refractivity contribution is 7.17. The molecule has 0 saturated heterocycles. The zero-order valence-corrected chi connectivity index (χ0v) is 15.8. The van der Waals surface area contributed by atoms with Crippen molar-refractivity contribution in [1.29, 1.82) is 0 Å². The third-order valence-electron chi connectivity index (χ3n) is 4.74.